The van der Waals surface area contributed by atoms with Gasteiger partial charge in [-0.3, -0.25) is 0 Å². The molecule has 0 fully saturated rings. The van der Waals surface area contributed by atoms with Gasteiger partial charge in [0.15, 0.2) is 6.10 Å². The van der Waals surface area contributed by atoms with Gasteiger partial charge in [0.25, 0.3) is 0 Å². The van der Waals surface area contributed by atoms with Gasteiger partial charge in [0.1, 0.15) is 5.75 Å². The van der Waals surface area contributed by atoms with E-state index in [4.69, 9.17) is 4.74 Å². The van der Waals surface area contributed by atoms with Crippen LogP contribution in [0.4, 0.5) is 0 Å². The van der Waals surface area contributed by atoms with Crippen LogP contribution in [0.15, 0.2) is 46.9 Å². The van der Waals surface area contributed by atoms with E-state index in [2.05, 4.69) is 22.0 Å². The number of rotatable bonds is 1. The first-order chi connectivity index (χ1) is 9.70. The van der Waals surface area contributed by atoms with Crippen LogP contribution in [-0.2, 0) is 11.2 Å². The summed E-state index contributed by atoms with van der Waals surface area (Å²) in [6.45, 7) is 0. The maximum Gasteiger partial charge on any atom is 0.170 e. The Morgan fingerprint density at radius 2 is 1.95 bits per heavy atom. The summed E-state index contributed by atoms with van der Waals surface area (Å²) in [6, 6.07) is 15.5. The van der Waals surface area contributed by atoms with Gasteiger partial charge in [-0.1, -0.05) is 36.4 Å². The van der Waals surface area contributed by atoms with E-state index in [-0.39, 0.29) is 11.9 Å². The number of halogens is 1. The number of hydrogen-bond donors (Lipinski definition) is 1. The third kappa shape index (κ3) is 2.20. The van der Waals surface area contributed by atoms with Crippen molar-refractivity contribution in [2.45, 2.75) is 18.6 Å². The molecule has 3 nitrogen and oxygen atoms in total. The summed E-state index contributed by atoms with van der Waals surface area (Å²) in [5.41, 5.74) is 2.55. The fourth-order valence-corrected chi connectivity index (χ4v) is 2.89. The van der Waals surface area contributed by atoms with Crippen molar-refractivity contribution >= 4 is 15.9 Å². The van der Waals surface area contributed by atoms with E-state index in [0.29, 0.717) is 10.9 Å². The zero-order chi connectivity index (χ0) is 14.1. The van der Waals surface area contributed by atoms with E-state index in [1.807, 2.05) is 36.4 Å². The fourth-order valence-electron chi connectivity index (χ4n) is 2.52. The highest BCUT2D eigenvalue weighted by atomic mass is 79.9. The number of nitrogens with zero attached hydrogens (tertiary/aromatic N) is 1. The van der Waals surface area contributed by atoms with Crippen molar-refractivity contribution < 1.29 is 9.84 Å². The molecule has 0 bridgehead atoms. The first kappa shape index (κ1) is 13.2. The predicted molar refractivity (Wildman–Crippen MR) is 78.1 cm³/mol. The van der Waals surface area contributed by atoms with Crippen molar-refractivity contribution in [2.24, 2.45) is 0 Å². The van der Waals surface area contributed by atoms with Crippen LogP contribution in [0.2, 0.25) is 0 Å². The summed E-state index contributed by atoms with van der Waals surface area (Å²) in [7, 11) is 0. The number of benzene rings is 2. The Morgan fingerprint density at radius 1 is 1.20 bits per heavy atom. The minimum absolute atomic E-state index is 0.201. The van der Waals surface area contributed by atoms with Gasteiger partial charge in [0.05, 0.1) is 16.6 Å². The van der Waals surface area contributed by atoms with Gasteiger partial charge < -0.3 is 9.84 Å². The van der Waals surface area contributed by atoms with Gasteiger partial charge in [-0.25, -0.2) is 0 Å². The Morgan fingerprint density at radius 3 is 2.65 bits per heavy atom. The van der Waals surface area contributed by atoms with Crippen LogP contribution in [0.3, 0.4) is 0 Å². The van der Waals surface area contributed by atoms with Gasteiger partial charge >= 0.3 is 0 Å². The Hall–Kier alpha value is -1.83. The molecule has 1 N–H and O–H groups in total. The molecule has 100 valence electrons. The monoisotopic (exact) mass is 329 g/mol. The number of nitriles is 1. The van der Waals surface area contributed by atoms with Crippen LogP contribution in [0.1, 0.15) is 28.9 Å². The van der Waals surface area contributed by atoms with Gasteiger partial charge in [-0.2, -0.15) is 5.26 Å². The van der Waals surface area contributed by atoms with Crippen molar-refractivity contribution in [1.82, 2.24) is 0 Å². The van der Waals surface area contributed by atoms with Crippen molar-refractivity contribution in [1.29, 1.82) is 5.26 Å². The molecule has 0 saturated carbocycles. The van der Waals surface area contributed by atoms with Gasteiger partial charge in [0, 0.05) is 17.5 Å². The SMILES string of the molecule is N#CC1OC(c2ccccc2)Cc2c1ccc(Br)c2O. The zero-order valence-electron chi connectivity index (χ0n) is 10.6. The molecule has 2 atom stereocenters. The molecule has 2 aromatic rings. The average molecular weight is 330 g/mol. The van der Waals surface area contributed by atoms with E-state index in [1.165, 1.54) is 0 Å². The Balaban J connectivity index is 2.06. The molecule has 4 heteroatoms. The number of hydrogen-bond acceptors (Lipinski definition) is 3. The molecule has 1 heterocycles. The third-order valence-electron chi connectivity index (χ3n) is 3.53. The van der Waals surface area contributed by atoms with E-state index in [0.717, 1.165) is 16.7 Å². The lowest BCUT2D eigenvalue weighted by molar-refractivity contribution is 0.00190. The molecular weight excluding hydrogens is 318 g/mol. The van der Waals surface area contributed by atoms with Crippen LogP contribution in [0.25, 0.3) is 0 Å². The van der Waals surface area contributed by atoms with Crippen LogP contribution in [0.5, 0.6) is 5.75 Å². The third-order valence-corrected chi connectivity index (χ3v) is 4.17. The fraction of sp³-hybridized carbons (Fsp3) is 0.188. The van der Waals surface area contributed by atoms with Crippen LogP contribution >= 0.6 is 15.9 Å². The minimum atomic E-state index is -0.650. The maximum atomic E-state index is 10.2. The molecule has 20 heavy (non-hydrogen) atoms. The second-order valence-electron chi connectivity index (χ2n) is 4.71. The number of fused-ring (bicyclic) bond motifs is 1. The zero-order valence-corrected chi connectivity index (χ0v) is 12.2. The molecule has 0 radical (unpaired) electrons. The van der Waals surface area contributed by atoms with Gasteiger partial charge in [0.2, 0.25) is 0 Å². The molecule has 2 unspecified atom stereocenters. The van der Waals surface area contributed by atoms with Crippen molar-refractivity contribution in [2.75, 3.05) is 0 Å². The van der Waals surface area contributed by atoms with Crippen LogP contribution in [-0.4, -0.2) is 5.11 Å². The Labute approximate surface area is 125 Å². The number of phenols is 1. The second kappa shape index (κ2) is 5.28. The van der Waals surface area contributed by atoms with Crippen LogP contribution in [0, 0.1) is 11.3 Å². The lowest BCUT2D eigenvalue weighted by Gasteiger charge is -2.29. The van der Waals surface area contributed by atoms with Gasteiger partial charge in [-0.15, -0.1) is 0 Å². The van der Waals surface area contributed by atoms with E-state index in [1.54, 1.807) is 6.07 Å². The smallest absolute Gasteiger partial charge is 0.170 e. The molecule has 0 spiro atoms. The molecular formula is C16H12BrNO2. The number of aromatic hydroxyl groups is 1. The Bertz CT molecular complexity index is 679. The van der Waals surface area contributed by atoms with E-state index in [9.17, 15) is 10.4 Å². The molecule has 0 aromatic heterocycles. The highest BCUT2D eigenvalue weighted by Gasteiger charge is 2.30. The molecule has 0 amide bonds. The van der Waals surface area contributed by atoms with Crippen LogP contribution < -0.4 is 0 Å². The summed E-state index contributed by atoms with van der Waals surface area (Å²) >= 11 is 3.32. The Kier molecular flexibility index (Phi) is 3.47. The highest BCUT2D eigenvalue weighted by molar-refractivity contribution is 9.10. The minimum Gasteiger partial charge on any atom is -0.506 e. The lowest BCUT2D eigenvalue weighted by Crippen LogP contribution is -2.19. The quantitative estimate of drug-likeness (QED) is 0.859. The number of phenolic OH excluding ortho intramolecular Hbond substituents is 1. The molecule has 0 aliphatic carbocycles. The lowest BCUT2D eigenvalue weighted by atomic mass is 9.91. The first-order valence-corrected chi connectivity index (χ1v) is 7.10. The largest absolute Gasteiger partial charge is 0.506 e. The predicted octanol–water partition coefficient (Wildman–Crippen LogP) is 4.03. The van der Waals surface area contributed by atoms with Crippen molar-refractivity contribution in [3.05, 3.63) is 63.6 Å². The summed E-state index contributed by atoms with van der Waals surface area (Å²) in [6.07, 6.45) is -0.306. The summed E-state index contributed by atoms with van der Waals surface area (Å²) in [4.78, 5) is 0. The normalized spacial score (nSPS) is 21.0. The molecule has 2 aromatic carbocycles. The maximum absolute atomic E-state index is 10.2. The van der Waals surface area contributed by atoms with Gasteiger partial charge in [-0.05, 0) is 27.6 Å². The standard InChI is InChI=1S/C16H12BrNO2/c17-13-7-6-11-12(16(13)19)8-14(20-15(11)9-18)10-4-2-1-3-5-10/h1-7,14-15,19H,8H2. The topological polar surface area (TPSA) is 53.2 Å². The summed E-state index contributed by atoms with van der Waals surface area (Å²) in [5, 5.41) is 19.5. The molecule has 3 rings (SSSR count). The average Bonchev–Trinajstić information content (AvgIpc) is 2.51. The van der Waals surface area contributed by atoms with E-state index >= 15 is 0 Å². The molecule has 1 aliphatic rings. The second-order valence-corrected chi connectivity index (χ2v) is 5.57. The van der Waals surface area contributed by atoms with Crippen molar-refractivity contribution in [3.8, 4) is 11.8 Å². The molecule has 1 aliphatic heterocycles. The summed E-state index contributed by atoms with van der Waals surface area (Å²) < 4.78 is 6.50. The van der Waals surface area contributed by atoms with Crippen molar-refractivity contribution in [3.63, 3.8) is 0 Å². The summed E-state index contributed by atoms with van der Waals surface area (Å²) in [5.74, 6) is 0.201. The highest BCUT2D eigenvalue weighted by Crippen LogP contribution is 2.43. The molecule has 0 saturated heterocycles. The first-order valence-electron chi connectivity index (χ1n) is 6.31. The number of ether oxygens (including phenoxy) is 1. The van der Waals surface area contributed by atoms with E-state index < -0.39 is 6.10 Å².